The van der Waals surface area contributed by atoms with Gasteiger partial charge in [-0.3, -0.25) is 4.68 Å². The Kier molecular flexibility index (Phi) is 4.63. The van der Waals surface area contributed by atoms with E-state index in [1.807, 2.05) is 27.8 Å². The minimum absolute atomic E-state index is 0.0830. The molecule has 0 bridgehead atoms. The van der Waals surface area contributed by atoms with Gasteiger partial charge in [0.25, 0.3) is 0 Å². The number of aromatic nitrogens is 2. The van der Waals surface area contributed by atoms with Crippen molar-refractivity contribution < 1.29 is 9.13 Å². The number of halogens is 1. The molecule has 0 fully saturated rings. The van der Waals surface area contributed by atoms with Crippen LogP contribution in [0.15, 0.2) is 18.2 Å². The van der Waals surface area contributed by atoms with Gasteiger partial charge in [0.05, 0.1) is 5.69 Å². The Labute approximate surface area is 124 Å². The van der Waals surface area contributed by atoms with Crippen LogP contribution in [0.5, 0.6) is 11.5 Å². The van der Waals surface area contributed by atoms with Gasteiger partial charge in [-0.2, -0.15) is 5.10 Å². The molecule has 1 aromatic heterocycles. The van der Waals surface area contributed by atoms with Crippen molar-refractivity contribution in [3.63, 3.8) is 0 Å². The third kappa shape index (κ3) is 3.24. The van der Waals surface area contributed by atoms with E-state index in [1.165, 1.54) is 6.07 Å². The lowest BCUT2D eigenvalue weighted by molar-refractivity contribution is 0.454. The number of aryl methyl sites for hydroxylation is 2. The van der Waals surface area contributed by atoms with Crippen molar-refractivity contribution in [3.05, 3.63) is 41.0 Å². The van der Waals surface area contributed by atoms with Gasteiger partial charge in [0.2, 0.25) is 0 Å². The van der Waals surface area contributed by atoms with Crippen molar-refractivity contribution >= 4 is 0 Å². The fraction of sp³-hybridized carbons (Fsp3) is 0.438. The molecule has 1 aromatic carbocycles. The first-order chi connectivity index (χ1) is 9.93. The second-order valence-corrected chi connectivity index (χ2v) is 5.31. The number of nitrogens with zero attached hydrogens (tertiary/aromatic N) is 2. The first kappa shape index (κ1) is 15.5. The van der Waals surface area contributed by atoms with Crippen LogP contribution in [-0.2, 0) is 13.5 Å². The zero-order valence-corrected chi connectivity index (χ0v) is 13.0. The summed E-state index contributed by atoms with van der Waals surface area (Å²) in [6.07, 6.45) is 1.25. The second-order valence-electron chi connectivity index (χ2n) is 5.31. The van der Waals surface area contributed by atoms with Crippen LogP contribution < -0.4 is 10.5 Å². The van der Waals surface area contributed by atoms with Crippen molar-refractivity contribution in [2.45, 2.75) is 39.7 Å². The van der Waals surface area contributed by atoms with E-state index in [9.17, 15) is 4.39 Å². The van der Waals surface area contributed by atoms with Crippen LogP contribution in [0.2, 0.25) is 0 Å². The fourth-order valence-electron chi connectivity index (χ4n) is 2.25. The molecule has 2 rings (SSSR count). The number of benzene rings is 1. The minimum Gasteiger partial charge on any atom is -0.453 e. The smallest absolute Gasteiger partial charge is 0.171 e. The predicted molar refractivity (Wildman–Crippen MR) is 81.1 cm³/mol. The van der Waals surface area contributed by atoms with Gasteiger partial charge in [0.15, 0.2) is 5.75 Å². The van der Waals surface area contributed by atoms with Crippen molar-refractivity contribution in [1.82, 2.24) is 9.78 Å². The van der Waals surface area contributed by atoms with E-state index in [-0.39, 0.29) is 11.9 Å². The molecule has 114 valence electrons. The molecule has 0 saturated carbocycles. The Bertz CT molecular complexity index is 637. The molecule has 0 aliphatic heterocycles. The summed E-state index contributed by atoms with van der Waals surface area (Å²) >= 11 is 0. The summed E-state index contributed by atoms with van der Waals surface area (Å²) < 4.78 is 21.8. The van der Waals surface area contributed by atoms with E-state index in [0.717, 1.165) is 17.8 Å². The zero-order chi connectivity index (χ0) is 15.6. The number of nitrogens with two attached hydrogens (primary N) is 1. The number of ether oxygens (including phenoxy) is 1. The molecule has 0 spiro atoms. The van der Waals surface area contributed by atoms with E-state index in [1.54, 1.807) is 16.8 Å². The lowest BCUT2D eigenvalue weighted by Crippen LogP contribution is -2.22. The van der Waals surface area contributed by atoms with Crippen LogP contribution in [0.25, 0.3) is 0 Å². The van der Waals surface area contributed by atoms with Crippen molar-refractivity contribution in [3.8, 4) is 11.5 Å². The Morgan fingerprint density at radius 2 is 2.10 bits per heavy atom. The molecule has 0 radical (unpaired) electrons. The van der Waals surface area contributed by atoms with Gasteiger partial charge < -0.3 is 10.5 Å². The van der Waals surface area contributed by atoms with Gasteiger partial charge in [0.1, 0.15) is 17.3 Å². The predicted octanol–water partition coefficient (Wildman–Crippen LogP) is 3.25. The van der Waals surface area contributed by atoms with Crippen LogP contribution in [-0.4, -0.2) is 15.8 Å². The lowest BCUT2D eigenvalue weighted by Gasteiger charge is -2.15. The van der Waals surface area contributed by atoms with Gasteiger partial charge in [-0.1, -0.05) is 13.0 Å². The SMILES string of the molecule is CCC(N)Cc1c(F)cccc1Oc1c(C)nn(C)c1C. The van der Waals surface area contributed by atoms with Crippen molar-refractivity contribution in [2.75, 3.05) is 0 Å². The number of hydrogen-bond acceptors (Lipinski definition) is 3. The van der Waals surface area contributed by atoms with E-state index in [0.29, 0.717) is 23.5 Å². The van der Waals surface area contributed by atoms with Crippen LogP contribution in [0.4, 0.5) is 4.39 Å². The summed E-state index contributed by atoms with van der Waals surface area (Å²) in [5, 5.41) is 4.31. The Hall–Kier alpha value is -1.88. The summed E-state index contributed by atoms with van der Waals surface area (Å²) in [4.78, 5) is 0. The molecule has 21 heavy (non-hydrogen) atoms. The fourth-order valence-corrected chi connectivity index (χ4v) is 2.25. The Balaban J connectivity index is 2.38. The standard InChI is InChI=1S/C16H22FN3O/c1-5-12(18)9-13-14(17)7-6-8-15(13)21-16-10(2)19-20(4)11(16)3/h6-8,12H,5,9,18H2,1-4H3. The van der Waals surface area contributed by atoms with Gasteiger partial charge >= 0.3 is 0 Å². The van der Waals surface area contributed by atoms with Gasteiger partial charge in [-0.15, -0.1) is 0 Å². The van der Waals surface area contributed by atoms with Gasteiger partial charge in [-0.25, -0.2) is 4.39 Å². The summed E-state index contributed by atoms with van der Waals surface area (Å²) in [6, 6.07) is 4.77. The quantitative estimate of drug-likeness (QED) is 0.920. The molecule has 0 amide bonds. The van der Waals surface area contributed by atoms with E-state index in [4.69, 9.17) is 10.5 Å². The first-order valence-electron chi connectivity index (χ1n) is 7.15. The Morgan fingerprint density at radius 1 is 1.38 bits per heavy atom. The molecule has 2 aromatic rings. The third-order valence-corrected chi connectivity index (χ3v) is 3.72. The highest BCUT2D eigenvalue weighted by molar-refractivity contribution is 5.42. The maximum atomic E-state index is 14.1. The lowest BCUT2D eigenvalue weighted by atomic mass is 10.0. The van der Waals surface area contributed by atoms with Gasteiger partial charge in [0, 0.05) is 18.7 Å². The molecule has 5 heteroatoms. The second kappa shape index (κ2) is 6.26. The maximum Gasteiger partial charge on any atom is 0.171 e. The normalized spacial score (nSPS) is 12.5. The number of hydrogen-bond donors (Lipinski definition) is 1. The zero-order valence-electron chi connectivity index (χ0n) is 13.0. The molecule has 1 unspecified atom stereocenters. The molecule has 2 N–H and O–H groups in total. The molecule has 0 aliphatic carbocycles. The molecule has 1 heterocycles. The molecular formula is C16H22FN3O. The number of rotatable bonds is 5. The van der Waals surface area contributed by atoms with E-state index in [2.05, 4.69) is 5.10 Å². The van der Waals surface area contributed by atoms with Crippen LogP contribution in [0.3, 0.4) is 0 Å². The topological polar surface area (TPSA) is 53.1 Å². The summed E-state index contributed by atoms with van der Waals surface area (Å²) in [6.45, 7) is 5.78. The van der Waals surface area contributed by atoms with E-state index < -0.39 is 0 Å². The first-order valence-corrected chi connectivity index (χ1v) is 7.15. The summed E-state index contributed by atoms with van der Waals surface area (Å²) in [7, 11) is 1.86. The monoisotopic (exact) mass is 291 g/mol. The molecule has 4 nitrogen and oxygen atoms in total. The average molecular weight is 291 g/mol. The largest absolute Gasteiger partial charge is 0.453 e. The minimum atomic E-state index is -0.282. The summed E-state index contributed by atoms with van der Waals surface area (Å²) in [5.41, 5.74) is 8.17. The highest BCUT2D eigenvalue weighted by atomic mass is 19.1. The van der Waals surface area contributed by atoms with Crippen LogP contribution in [0.1, 0.15) is 30.3 Å². The molecule has 0 saturated heterocycles. The van der Waals surface area contributed by atoms with Crippen molar-refractivity contribution in [2.24, 2.45) is 12.8 Å². The summed E-state index contributed by atoms with van der Waals surface area (Å²) in [5.74, 6) is 0.906. The molecule has 1 atom stereocenters. The molecule has 0 aliphatic rings. The van der Waals surface area contributed by atoms with Gasteiger partial charge in [-0.05, 0) is 38.8 Å². The highest BCUT2D eigenvalue weighted by Crippen LogP contribution is 2.32. The van der Waals surface area contributed by atoms with Crippen molar-refractivity contribution in [1.29, 1.82) is 0 Å². The van der Waals surface area contributed by atoms with Crippen LogP contribution in [0, 0.1) is 19.7 Å². The average Bonchev–Trinajstić information content (AvgIpc) is 2.68. The highest BCUT2D eigenvalue weighted by Gasteiger charge is 2.17. The molecular weight excluding hydrogens is 269 g/mol. The maximum absolute atomic E-state index is 14.1. The third-order valence-electron chi connectivity index (χ3n) is 3.72. The van der Waals surface area contributed by atoms with Crippen LogP contribution >= 0.6 is 0 Å². The van der Waals surface area contributed by atoms with E-state index >= 15 is 0 Å². The Morgan fingerprint density at radius 3 is 2.67 bits per heavy atom.